The summed E-state index contributed by atoms with van der Waals surface area (Å²) in [5.74, 6) is 2.35. The molecular formula is C31H37N10OPS. The molecule has 0 saturated carbocycles. The van der Waals surface area contributed by atoms with E-state index in [4.69, 9.17) is 20.1 Å². The summed E-state index contributed by atoms with van der Waals surface area (Å²) in [6, 6.07) is 9.94. The van der Waals surface area contributed by atoms with E-state index in [9.17, 15) is 0 Å². The average molecular weight is 629 g/mol. The molecular weight excluding hydrogens is 591 g/mol. The number of hydrogen-bond acceptors (Lipinski definition) is 11. The second-order valence-electron chi connectivity index (χ2n) is 10.2. The Balaban J connectivity index is 1.61. The molecule has 1 unspecified atom stereocenters. The van der Waals surface area contributed by atoms with Gasteiger partial charge in [0, 0.05) is 60.7 Å². The predicted molar refractivity (Wildman–Crippen MR) is 187 cm³/mol. The molecule has 0 amide bonds. The molecule has 6 N–H and O–H groups in total. The van der Waals surface area contributed by atoms with Crippen LogP contribution in [0.3, 0.4) is 0 Å². The minimum atomic E-state index is -0.513. The van der Waals surface area contributed by atoms with E-state index in [0.717, 1.165) is 50.5 Å². The van der Waals surface area contributed by atoms with Gasteiger partial charge in [-0.05, 0) is 74.0 Å². The predicted octanol–water partition coefficient (Wildman–Crippen LogP) is 5.55. The topological polar surface area (TPSA) is 149 Å². The molecule has 3 aromatic heterocycles. The highest BCUT2D eigenvalue weighted by molar-refractivity contribution is 7.80. The third-order valence-corrected chi connectivity index (χ3v) is 8.86. The number of nitrogens with one attached hydrogen (secondary N) is 6. The normalized spacial score (nSPS) is 12.5. The molecule has 0 aliphatic rings. The molecule has 0 bridgehead atoms. The van der Waals surface area contributed by atoms with Gasteiger partial charge in [-0.2, -0.15) is 22.6 Å². The van der Waals surface area contributed by atoms with E-state index in [1.54, 1.807) is 25.7 Å². The maximum atomic E-state index is 8.13. The molecule has 44 heavy (non-hydrogen) atoms. The molecule has 0 saturated heterocycles. The lowest BCUT2D eigenvalue weighted by Crippen LogP contribution is -2.19. The van der Waals surface area contributed by atoms with Crippen LogP contribution in [0.25, 0.3) is 27.6 Å². The minimum Gasteiger partial charge on any atom is -0.495 e. The average Bonchev–Trinajstić information content (AvgIpc) is 3.51. The smallest absolute Gasteiger partial charge is 0.231 e. The number of thiol groups is 1. The van der Waals surface area contributed by atoms with E-state index >= 15 is 0 Å². The van der Waals surface area contributed by atoms with Crippen molar-refractivity contribution in [3.05, 3.63) is 66.2 Å². The number of fused-ring (bicyclic) bond motifs is 2. The summed E-state index contributed by atoms with van der Waals surface area (Å²) >= 11 is 4.47. The first-order valence-corrected chi connectivity index (χ1v) is 17.0. The Bertz CT molecular complexity index is 1820. The summed E-state index contributed by atoms with van der Waals surface area (Å²) in [5, 5.41) is 23.5. The van der Waals surface area contributed by atoms with E-state index in [1.165, 1.54) is 6.21 Å². The van der Waals surface area contributed by atoms with Crippen LogP contribution >= 0.6 is 20.6 Å². The number of aromatic amines is 1. The quantitative estimate of drug-likeness (QED) is 0.0506. The molecule has 1 atom stereocenters. The van der Waals surface area contributed by atoms with E-state index in [2.05, 4.69) is 62.2 Å². The Hall–Kier alpha value is -4.25. The van der Waals surface area contributed by atoms with Crippen molar-refractivity contribution in [2.75, 3.05) is 50.9 Å². The van der Waals surface area contributed by atoms with E-state index in [1.807, 2.05) is 50.6 Å². The zero-order chi connectivity index (χ0) is 31.2. The van der Waals surface area contributed by atoms with Crippen molar-refractivity contribution < 1.29 is 4.74 Å². The van der Waals surface area contributed by atoms with Crippen LogP contribution in [0.15, 0.2) is 55.1 Å². The van der Waals surface area contributed by atoms with Gasteiger partial charge in [0.15, 0.2) is 0 Å². The van der Waals surface area contributed by atoms with Gasteiger partial charge in [0.1, 0.15) is 17.2 Å². The number of H-pyrrole nitrogens is 1. The van der Waals surface area contributed by atoms with Crippen molar-refractivity contribution in [3.8, 4) is 5.75 Å². The minimum absolute atomic E-state index is 0.0106. The van der Waals surface area contributed by atoms with Crippen molar-refractivity contribution in [2.45, 2.75) is 12.5 Å². The number of benzene rings is 2. The van der Waals surface area contributed by atoms with Crippen molar-refractivity contribution in [3.63, 3.8) is 0 Å². The molecule has 228 valence electrons. The standard InChI is InChI=1S/C31H37N10OPS/c1-33-17-18(16-32)20-14-25(26(42-3)15-21(20)22(34-2)9-13-44)39-31-40-29-19(8-10-37-29)30(41-31)38-24-7-6-23-27(28(24)43(4)5)36-12-11-35-23/h6-8,10-12,14-17,22,32-34,44H,9,13H2,1-5H3,(H3,37,38,39,40,41)/b18-17+,32-16?. The molecule has 0 fully saturated rings. The van der Waals surface area contributed by atoms with Crippen LogP contribution in [0, 0.1) is 5.41 Å². The second kappa shape index (κ2) is 14.0. The first-order valence-electron chi connectivity index (χ1n) is 14.1. The number of anilines is 4. The summed E-state index contributed by atoms with van der Waals surface area (Å²) in [7, 11) is 4.86. The fourth-order valence-electron chi connectivity index (χ4n) is 5.25. The van der Waals surface area contributed by atoms with Gasteiger partial charge in [-0.3, -0.25) is 9.97 Å². The Morgan fingerprint density at radius 1 is 1.09 bits per heavy atom. The monoisotopic (exact) mass is 628 g/mol. The highest BCUT2D eigenvalue weighted by Crippen LogP contribution is 2.38. The fraction of sp³-hybridized carbons (Fsp3) is 0.258. The summed E-state index contributed by atoms with van der Waals surface area (Å²) in [4.78, 5) is 22.1. The van der Waals surface area contributed by atoms with Crippen molar-refractivity contribution >= 4 is 82.9 Å². The molecule has 0 radical (unpaired) electrons. The van der Waals surface area contributed by atoms with Crippen molar-refractivity contribution in [1.29, 1.82) is 5.41 Å². The zero-order valence-corrected chi connectivity index (χ0v) is 27.1. The van der Waals surface area contributed by atoms with Crippen molar-refractivity contribution in [2.24, 2.45) is 0 Å². The maximum absolute atomic E-state index is 8.13. The number of rotatable bonds is 13. The van der Waals surface area contributed by atoms with Crippen LogP contribution in [-0.4, -0.2) is 71.4 Å². The highest BCUT2D eigenvalue weighted by Gasteiger charge is 2.21. The van der Waals surface area contributed by atoms with Gasteiger partial charge in [0.25, 0.3) is 0 Å². The van der Waals surface area contributed by atoms with Crippen LogP contribution < -0.4 is 31.3 Å². The lowest BCUT2D eigenvalue weighted by atomic mass is 9.93. The van der Waals surface area contributed by atoms with Gasteiger partial charge in [-0.15, -0.1) is 0 Å². The molecule has 0 spiro atoms. The van der Waals surface area contributed by atoms with E-state index in [-0.39, 0.29) is 6.04 Å². The van der Waals surface area contributed by atoms with Gasteiger partial charge in [-0.1, -0.05) is 7.92 Å². The van der Waals surface area contributed by atoms with Gasteiger partial charge in [-0.25, -0.2) is 0 Å². The Kier molecular flexibility index (Phi) is 9.94. The number of methoxy groups -OCH3 is 1. The molecule has 5 aromatic rings. The van der Waals surface area contributed by atoms with E-state index in [0.29, 0.717) is 34.6 Å². The lowest BCUT2D eigenvalue weighted by Gasteiger charge is -2.23. The van der Waals surface area contributed by atoms with Crippen LogP contribution in [0.1, 0.15) is 23.6 Å². The highest BCUT2D eigenvalue weighted by atomic mass is 32.1. The van der Waals surface area contributed by atoms with E-state index < -0.39 is 7.92 Å². The SMILES string of the molecule is CN/C=C(\C=N)c1cc(Nc2nc(Nc3ccc4nccnc4c3P(C)C)c3cc[nH]c3n2)c(OC)cc1C(CCS)NC. The number of nitrogens with zero attached hydrogens (tertiary/aromatic N) is 4. The molecule has 0 aliphatic carbocycles. The molecule has 11 nitrogen and oxygen atoms in total. The third-order valence-electron chi connectivity index (χ3n) is 7.26. The zero-order valence-electron chi connectivity index (χ0n) is 25.4. The van der Waals surface area contributed by atoms with Gasteiger partial charge >= 0.3 is 0 Å². The fourth-order valence-corrected chi connectivity index (χ4v) is 6.72. The maximum Gasteiger partial charge on any atom is 0.231 e. The Morgan fingerprint density at radius 3 is 2.61 bits per heavy atom. The van der Waals surface area contributed by atoms with Gasteiger partial charge in [0.2, 0.25) is 5.95 Å². The van der Waals surface area contributed by atoms with Crippen LogP contribution in [0.2, 0.25) is 0 Å². The first-order chi connectivity index (χ1) is 21.4. The molecule has 2 aromatic carbocycles. The summed E-state index contributed by atoms with van der Waals surface area (Å²) in [6.07, 6.45) is 9.23. The molecule has 5 rings (SSSR count). The summed E-state index contributed by atoms with van der Waals surface area (Å²) in [5.41, 5.74) is 6.62. The molecule has 0 aliphatic heterocycles. The van der Waals surface area contributed by atoms with Crippen LogP contribution in [-0.2, 0) is 0 Å². The summed E-state index contributed by atoms with van der Waals surface area (Å²) < 4.78 is 5.85. The first kappa shape index (κ1) is 31.2. The van der Waals surface area contributed by atoms with Gasteiger partial charge < -0.3 is 36.4 Å². The number of ether oxygens (including phenoxy) is 1. The largest absolute Gasteiger partial charge is 0.495 e. The van der Waals surface area contributed by atoms with Crippen LogP contribution in [0.4, 0.5) is 23.1 Å². The Labute approximate surface area is 263 Å². The lowest BCUT2D eigenvalue weighted by molar-refractivity contribution is 0.415. The molecule has 3 heterocycles. The second-order valence-corrected chi connectivity index (χ2v) is 12.9. The number of allylic oxidation sites excluding steroid dienone is 1. The summed E-state index contributed by atoms with van der Waals surface area (Å²) in [6.45, 7) is 4.41. The number of hydrogen-bond donors (Lipinski definition) is 7. The Morgan fingerprint density at radius 2 is 1.91 bits per heavy atom. The third kappa shape index (κ3) is 6.33. The molecule has 13 heteroatoms. The number of aromatic nitrogens is 5. The van der Waals surface area contributed by atoms with Crippen LogP contribution in [0.5, 0.6) is 5.75 Å². The van der Waals surface area contributed by atoms with Crippen molar-refractivity contribution in [1.82, 2.24) is 35.6 Å². The van der Waals surface area contributed by atoms with Gasteiger partial charge in [0.05, 0.1) is 29.2 Å².